The highest BCUT2D eigenvalue weighted by atomic mass is 35.5. The minimum atomic E-state index is -2.36. The van der Waals surface area contributed by atoms with Gasteiger partial charge in [0.05, 0.1) is 0 Å². The van der Waals surface area contributed by atoms with Gasteiger partial charge in [-0.15, -0.1) is 0 Å². The number of hydrogen-bond acceptors (Lipinski definition) is 3. The molecule has 2 aromatic carbocycles. The second kappa shape index (κ2) is 8.22. The summed E-state index contributed by atoms with van der Waals surface area (Å²) in [7, 11) is 0. The summed E-state index contributed by atoms with van der Waals surface area (Å²) in [4.78, 5) is 11.9. The third-order valence-corrected chi connectivity index (χ3v) is 4.81. The second-order valence-electron chi connectivity index (χ2n) is 7.40. The van der Waals surface area contributed by atoms with E-state index in [4.69, 9.17) is 21.1 Å². The molecule has 0 bridgehead atoms. The van der Waals surface area contributed by atoms with Gasteiger partial charge in [0.15, 0.2) is 0 Å². The Balaban J connectivity index is 2.41. The predicted molar refractivity (Wildman–Crippen MR) is 108 cm³/mol. The molecule has 2 aromatic rings. The molecule has 27 heavy (non-hydrogen) atoms. The van der Waals surface area contributed by atoms with Gasteiger partial charge in [-0.05, 0) is 71.7 Å². The van der Waals surface area contributed by atoms with Crippen molar-refractivity contribution in [3.05, 3.63) is 58.7 Å². The lowest BCUT2D eigenvalue weighted by atomic mass is 10.0. The molecule has 0 fully saturated rings. The van der Waals surface area contributed by atoms with E-state index in [0.29, 0.717) is 11.5 Å². The third kappa shape index (κ3) is 4.95. The monoisotopic (exact) mass is 390 g/mol. The van der Waals surface area contributed by atoms with Gasteiger partial charge in [-0.1, -0.05) is 52.0 Å². The van der Waals surface area contributed by atoms with E-state index in [1.54, 1.807) is 12.1 Å². The van der Waals surface area contributed by atoms with Crippen LogP contribution in [0.4, 0.5) is 0 Å². The predicted octanol–water partition coefficient (Wildman–Crippen LogP) is 5.99. The Kier molecular flexibility index (Phi) is 6.42. The van der Waals surface area contributed by atoms with Gasteiger partial charge in [0.1, 0.15) is 11.5 Å². The second-order valence-corrected chi connectivity index (χ2v) is 7.90. The Hall–Kier alpha value is -2.20. The van der Waals surface area contributed by atoms with E-state index >= 15 is 0 Å². The SMILES string of the molecule is Cc1ccc(C(C)C)cc1OC(Cl)(Oc1cc(C(C)C)ccc1C)C(=O)O. The van der Waals surface area contributed by atoms with Crippen LogP contribution in [0.3, 0.4) is 0 Å². The van der Waals surface area contributed by atoms with Gasteiger partial charge in [0, 0.05) is 0 Å². The maximum absolute atomic E-state index is 11.9. The van der Waals surface area contributed by atoms with Gasteiger partial charge in [0.2, 0.25) is 0 Å². The fourth-order valence-electron chi connectivity index (χ4n) is 2.56. The highest BCUT2D eigenvalue weighted by Crippen LogP contribution is 2.33. The van der Waals surface area contributed by atoms with Crippen molar-refractivity contribution < 1.29 is 19.4 Å². The summed E-state index contributed by atoms with van der Waals surface area (Å²) in [6.45, 7) is 11.9. The number of carboxylic acid groups (broad SMARTS) is 1. The van der Waals surface area contributed by atoms with Crippen LogP contribution >= 0.6 is 11.6 Å². The Morgan fingerprint density at radius 3 is 1.56 bits per heavy atom. The van der Waals surface area contributed by atoms with Crippen molar-refractivity contribution in [3.63, 3.8) is 0 Å². The fourth-order valence-corrected chi connectivity index (χ4v) is 2.73. The molecular formula is C22H27ClO4. The van der Waals surface area contributed by atoms with Gasteiger partial charge in [0.25, 0.3) is 0 Å². The molecule has 0 radical (unpaired) electrons. The fraction of sp³-hybridized carbons (Fsp3) is 0.409. The molecule has 146 valence electrons. The molecule has 0 saturated carbocycles. The van der Waals surface area contributed by atoms with E-state index in [0.717, 1.165) is 22.3 Å². The molecule has 5 heteroatoms. The number of aliphatic carboxylic acids is 1. The van der Waals surface area contributed by atoms with E-state index < -0.39 is 11.2 Å². The molecular weight excluding hydrogens is 364 g/mol. The number of ether oxygens (including phenoxy) is 2. The number of aryl methyl sites for hydroxylation is 2. The molecule has 0 aliphatic carbocycles. The van der Waals surface area contributed by atoms with Crippen molar-refractivity contribution in [1.29, 1.82) is 0 Å². The summed E-state index contributed by atoms with van der Waals surface area (Å²) in [5, 5.41) is 7.35. The molecule has 0 saturated heterocycles. The van der Waals surface area contributed by atoms with Gasteiger partial charge in [-0.3, -0.25) is 0 Å². The molecule has 0 aromatic heterocycles. The first-order valence-corrected chi connectivity index (χ1v) is 9.42. The molecule has 4 nitrogen and oxygen atoms in total. The zero-order chi connectivity index (χ0) is 20.4. The number of carbonyl (C=O) groups is 1. The quantitative estimate of drug-likeness (QED) is 0.466. The van der Waals surface area contributed by atoms with Crippen LogP contribution in [-0.2, 0) is 4.79 Å². The van der Waals surface area contributed by atoms with E-state index in [9.17, 15) is 9.90 Å². The van der Waals surface area contributed by atoms with Crippen LogP contribution in [0.15, 0.2) is 36.4 Å². The van der Waals surface area contributed by atoms with Gasteiger partial charge in [-0.25, -0.2) is 4.79 Å². The van der Waals surface area contributed by atoms with Crippen LogP contribution in [0, 0.1) is 13.8 Å². The minimum absolute atomic E-state index is 0.272. The lowest BCUT2D eigenvalue weighted by Gasteiger charge is -2.27. The first-order valence-electron chi connectivity index (χ1n) is 9.05. The molecule has 0 atom stereocenters. The van der Waals surface area contributed by atoms with Crippen molar-refractivity contribution in [2.24, 2.45) is 0 Å². The highest BCUT2D eigenvalue weighted by Gasteiger charge is 2.43. The number of carboxylic acids is 1. The number of halogens is 1. The number of benzene rings is 2. The van der Waals surface area contributed by atoms with Crippen LogP contribution in [0.1, 0.15) is 61.8 Å². The molecule has 0 heterocycles. The Morgan fingerprint density at radius 2 is 1.26 bits per heavy atom. The average molecular weight is 391 g/mol. The smallest absolute Gasteiger partial charge is 0.436 e. The molecule has 0 amide bonds. The Bertz CT molecular complexity index is 768. The van der Waals surface area contributed by atoms with Crippen LogP contribution in [0.25, 0.3) is 0 Å². The maximum Gasteiger partial charge on any atom is 0.436 e. The van der Waals surface area contributed by atoms with Gasteiger partial charge >= 0.3 is 11.2 Å². The average Bonchev–Trinajstić information content (AvgIpc) is 2.58. The summed E-state index contributed by atoms with van der Waals surface area (Å²) in [6.07, 6.45) is 0. The molecule has 2 rings (SSSR count). The van der Waals surface area contributed by atoms with Crippen molar-refractivity contribution in [2.75, 3.05) is 0 Å². The topological polar surface area (TPSA) is 55.8 Å². The largest absolute Gasteiger partial charge is 0.474 e. The van der Waals surface area contributed by atoms with Crippen LogP contribution < -0.4 is 9.47 Å². The van der Waals surface area contributed by atoms with Gasteiger partial charge < -0.3 is 14.6 Å². The highest BCUT2D eigenvalue weighted by molar-refractivity contribution is 6.31. The van der Waals surface area contributed by atoms with E-state index in [1.165, 1.54) is 0 Å². The van der Waals surface area contributed by atoms with E-state index in [1.807, 2.05) is 38.1 Å². The van der Waals surface area contributed by atoms with Crippen molar-refractivity contribution >= 4 is 17.6 Å². The third-order valence-electron chi connectivity index (χ3n) is 4.50. The van der Waals surface area contributed by atoms with Crippen molar-refractivity contribution in [1.82, 2.24) is 0 Å². The standard InChI is InChI=1S/C22H27ClO4/c1-13(2)17-9-7-15(5)19(11-17)26-22(23,21(24)25)27-20-12-18(14(3)4)10-8-16(20)6/h7-14H,1-6H3,(H,24,25). The molecule has 0 unspecified atom stereocenters. The summed E-state index contributed by atoms with van der Waals surface area (Å²) < 4.78 is 11.4. The summed E-state index contributed by atoms with van der Waals surface area (Å²) in [6, 6.07) is 11.4. The van der Waals surface area contributed by atoms with Gasteiger partial charge in [-0.2, -0.15) is 0 Å². The molecule has 0 spiro atoms. The zero-order valence-corrected chi connectivity index (χ0v) is 17.4. The summed E-state index contributed by atoms with van der Waals surface area (Å²) in [5.41, 5.74) is 3.61. The Labute approximate surface area is 166 Å². The van der Waals surface area contributed by atoms with Crippen molar-refractivity contribution in [2.45, 2.75) is 58.6 Å². The van der Waals surface area contributed by atoms with Crippen molar-refractivity contribution in [3.8, 4) is 11.5 Å². The van der Waals surface area contributed by atoms with E-state index in [-0.39, 0.29) is 11.8 Å². The van der Waals surface area contributed by atoms with E-state index in [2.05, 4.69) is 27.7 Å². The lowest BCUT2D eigenvalue weighted by molar-refractivity contribution is -0.166. The number of hydrogen-bond donors (Lipinski definition) is 1. The minimum Gasteiger partial charge on any atom is -0.474 e. The lowest BCUT2D eigenvalue weighted by Crippen LogP contribution is -2.45. The molecule has 0 aliphatic rings. The Morgan fingerprint density at radius 1 is 0.889 bits per heavy atom. The van der Waals surface area contributed by atoms with Crippen LogP contribution in [0.2, 0.25) is 0 Å². The number of rotatable bonds is 7. The normalized spacial score (nSPS) is 11.7. The maximum atomic E-state index is 11.9. The van der Waals surface area contributed by atoms with Crippen LogP contribution in [-0.4, -0.2) is 16.3 Å². The molecule has 1 N–H and O–H groups in total. The first kappa shape index (κ1) is 21.1. The number of alkyl halides is 1. The summed E-state index contributed by atoms with van der Waals surface area (Å²) >= 11 is 6.31. The first-order chi connectivity index (χ1) is 12.5. The molecule has 0 aliphatic heterocycles. The summed E-state index contributed by atoms with van der Waals surface area (Å²) in [5.74, 6) is -0.0952. The zero-order valence-electron chi connectivity index (χ0n) is 16.7. The van der Waals surface area contributed by atoms with Crippen LogP contribution in [0.5, 0.6) is 11.5 Å².